The van der Waals surface area contributed by atoms with E-state index in [-0.39, 0.29) is 5.75 Å². The van der Waals surface area contributed by atoms with E-state index >= 15 is 0 Å². The summed E-state index contributed by atoms with van der Waals surface area (Å²) in [5.74, 6) is 3.20. The molecule has 0 spiro atoms. The van der Waals surface area contributed by atoms with Crippen LogP contribution in [0.5, 0.6) is 0 Å². The normalized spacial score (nSPS) is 18.0. The van der Waals surface area contributed by atoms with E-state index in [1.54, 1.807) is 11.4 Å². The molecule has 0 aliphatic carbocycles. The highest BCUT2D eigenvalue weighted by Gasteiger charge is 2.23. The third kappa shape index (κ3) is 7.37. The number of rotatable bonds is 7. The zero-order valence-electron chi connectivity index (χ0n) is 13.3. The molecule has 1 aliphatic rings. The van der Waals surface area contributed by atoms with Gasteiger partial charge in [0.05, 0.1) is 5.75 Å². The second-order valence-corrected chi connectivity index (χ2v) is 8.75. The summed E-state index contributed by atoms with van der Waals surface area (Å²) in [5.41, 5.74) is 0. The van der Waals surface area contributed by atoms with Crippen LogP contribution in [0.3, 0.4) is 0 Å². The van der Waals surface area contributed by atoms with E-state index in [4.69, 9.17) is 0 Å². The van der Waals surface area contributed by atoms with Crippen LogP contribution in [-0.4, -0.2) is 69.2 Å². The molecule has 0 aromatic carbocycles. The van der Waals surface area contributed by atoms with Crippen LogP contribution in [-0.2, 0) is 10.0 Å². The topological polar surface area (TPSA) is 73.8 Å². The Hall–Kier alpha value is -0.470. The van der Waals surface area contributed by atoms with Crippen molar-refractivity contribution in [3.05, 3.63) is 0 Å². The molecule has 0 saturated carbocycles. The van der Waals surface area contributed by atoms with E-state index in [0.717, 1.165) is 24.5 Å². The Kier molecular flexibility index (Phi) is 8.43. The molecule has 0 radical (unpaired) electrons. The molecule has 1 heterocycles. The predicted molar refractivity (Wildman–Crippen MR) is 91.5 cm³/mol. The van der Waals surface area contributed by atoms with Crippen LogP contribution in [0.1, 0.15) is 20.3 Å². The summed E-state index contributed by atoms with van der Waals surface area (Å²) < 4.78 is 25.9. The molecular weight excluding hydrogens is 308 g/mol. The molecule has 0 atom stereocenters. The van der Waals surface area contributed by atoms with E-state index in [9.17, 15) is 8.42 Å². The quantitative estimate of drug-likeness (QED) is 0.525. The van der Waals surface area contributed by atoms with Crippen molar-refractivity contribution in [2.75, 3.05) is 50.5 Å². The highest BCUT2D eigenvalue weighted by Crippen LogP contribution is 2.12. The van der Waals surface area contributed by atoms with Crippen molar-refractivity contribution in [2.24, 2.45) is 10.9 Å². The summed E-state index contributed by atoms with van der Waals surface area (Å²) in [7, 11) is -1.45. The third-order valence-electron chi connectivity index (χ3n) is 3.25. The van der Waals surface area contributed by atoms with E-state index in [2.05, 4.69) is 29.5 Å². The van der Waals surface area contributed by atoms with E-state index in [1.165, 1.54) is 0 Å². The second kappa shape index (κ2) is 9.53. The number of nitrogens with one attached hydrogen (secondary N) is 2. The summed E-state index contributed by atoms with van der Waals surface area (Å²) in [6.45, 7) is 6.83. The van der Waals surface area contributed by atoms with Crippen molar-refractivity contribution in [1.29, 1.82) is 0 Å². The van der Waals surface area contributed by atoms with Gasteiger partial charge < -0.3 is 10.6 Å². The zero-order chi connectivity index (χ0) is 15.7. The minimum Gasteiger partial charge on any atom is -0.356 e. The number of guanidine groups is 1. The fourth-order valence-electron chi connectivity index (χ4n) is 1.95. The van der Waals surface area contributed by atoms with Crippen molar-refractivity contribution in [1.82, 2.24) is 14.9 Å². The van der Waals surface area contributed by atoms with Gasteiger partial charge in [0, 0.05) is 44.7 Å². The molecule has 0 aromatic heterocycles. The van der Waals surface area contributed by atoms with Crippen molar-refractivity contribution < 1.29 is 8.42 Å². The average molecular weight is 337 g/mol. The number of nitrogens with zero attached hydrogens (tertiary/aromatic N) is 2. The lowest BCUT2D eigenvalue weighted by molar-refractivity contribution is 0.443. The molecule has 2 N–H and O–H groups in total. The van der Waals surface area contributed by atoms with Crippen molar-refractivity contribution >= 4 is 27.7 Å². The standard InChI is InChI=1S/C13H28N4O2S2/c1-12(2)4-5-15-13(14-3)16-6-11-21(18,19)17-7-9-20-10-8-17/h12H,4-11H2,1-3H3,(H2,14,15,16). The van der Waals surface area contributed by atoms with Gasteiger partial charge in [-0.25, -0.2) is 12.7 Å². The molecule has 0 bridgehead atoms. The monoisotopic (exact) mass is 336 g/mol. The Morgan fingerprint density at radius 1 is 1.24 bits per heavy atom. The first-order valence-electron chi connectivity index (χ1n) is 7.46. The van der Waals surface area contributed by atoms with Gasteiger partial charge in [-0.15, -0.1) is 0 Å². The number of hydrogen-bond donors (Lipinski definition) is 2. The molecule has 0 amide bonds. The van der Waals surface area contributed by atoms with Crippen molar-refractivity contribution in [2.45, 2.75) is 20.3 Å². The van der Waals surface area contributed by atoms with Crippen LogP contribution in [0.4, 0.5) is 0 Å². The summed E-state index contributed by atoms with van der Waals surface area (Å²) in [4.78, 5) is 4.10. The lowest BCUT2D eigenvalue weighted by Crippen LogP contribution is -2.44. The first-order chi connectivity index (χ1) is 9.95. The molecule has 0 aromatic rings. The minimum atomic E-state index is -3.15. The molecule has 6 nitrogen and oxygen atoms in total. The van der Waals surface area contributed by atoms with Gasteiger partial charge in [-0.1, -0.05) is 13.8 Å². The first-order valence-corrected chi connectivity index (χ1v) is 10.2. The fraction of sp³-hybridized carbons (Fsp3) is 0.923. The maximum Gasteiger partial charge on any atom is 0.215 e. The molecule has 1 aliphatic heterocycles. The largest absolute Gasteiger partial charge is 0.356 e. The van der Waals surface area contributed by atoms with Gasteiger partial charge >= 0.3 is 0 Å². The fourth-order valence-corrected chi connectivity index (χ4v) is 4.44. The number of aliphatic imine (C=N–C) groups is 1. The SMILES string of the molecule is CN=C(NCCC(C)C)NCCS(=O)(=O)N1CCSCC1. The van der Waals surface area contributed by atoms with Gasteiger partial charge in [0.25, 0.3) is 0 Å². The van der Waals surface area contributed by atoms with Crippen molar-refractivity contribution in [3.8, 4) is 0 Å². The minimum absolute atomic E-state index is 0.114. The number of thioether (sulfide) groups is 1. The van der Waals surface area contributed by atoms with E-state index < -0.39 is 10.0 Å². The summed E-state index contributed by atoms with van der Waals surface area (Å²) in [6.07, 6.45) is 1.06. The third-order valence-corrected chi connectivity index (χ3v) is 6.07. The van der Waals surface area contributed by atoms with Gasteiger partial charge in [0.1, 0.15) is 0 Å². The molecule has 124 valence electrons. The molecular formula is C13H28N4O2S2. The van der Waals surface area contributed by atoms with Gasteiger partial charge in [-0.2, -0.15) is 11.8 Å². The molecule has 1 rings (SSSR count). The van der Waals surface area contributed by atoms with Gasteiger partial charge in [-0.3, -0.25) is 4.99 Å². The first kappa shape index (κ1) is 18.6. The molecule has 0 unspecified atom stereocenters. The Morgan fingerprint density at radius 2 is 1.86 bits per heavy atom. The van der Waals surface area contributed by atoms with E-state index in [1.807, 2.05) is 11.8 Å². The molecule has 8 heteroatoms. The maximum atomic E-state index is 12.2. The highest BCUT2D eigenvalue weighted by molar-refractivity contribution is 7.99. The Balaban J connectivity index is 2.30. The van der Waals surface area contributed by atoms with Crippen LogP contribution in [0.25, 0.3) is 0 Å². The van der Waals surface area contributed by atoms with Crippen LogP contribution >= 0.6 is 11.8 Å². The highest BCUT2D eigenvalue weighted by atomic mass is 32.2. The zero-order valence-corrected chi connectivity index (χ0v) is 14.9. The lowest BCUT2D eigenvalue weighted by atomic mass is 10.1. The molecule has 21 heavy (non-hydrogen) atoms. The van der Waals surface area contributed by atoms with Crippen LogP contribution in [0.2, 0.25) is 0 Å². The number of hydrogen-bond acceptors (Lipinski definition) is 4. The summed E-state index contributed by atoms with van der Waals surface area (Å²) >= 11 is 1.81. The van der Waals surface area contributed by atoms with Crippen LogP contribution < -0.4 is 10.6 Å². The Morgan fingerprint density at radius 3 is 2.43 bits per heavy atom. The Labute approximate surface area is 133 Å². The summed E-state index contributed by atoms with van der Waals surface area (Å²) in [6, 6.07) is 0. The Bertz CT molecular complexity index is 418. The smallest absolute Gasteiger partial charge is 0.215 e. The van der Waals surface area contributed by atoms with Crippen LogP contribution in [0.15, 0.2) is 4.99 Å². The number of sulfonamides is 1. The summed E-state index contributed by atoms with van der Waals surface area (Å²) in [5, 5.41) is 6.26. The molecule has 1 fully saturated rings. The average Bonchev–Trinajstić information content (AvgIpc) is 2.46. The van der Waals surface area contributed by atoms with Gasteiger partial charge in [0.2, 0.25) is 10.0 Å². The van der Waals surface area contributed by atoms with Gasteiger partial charge in [-0.05, 0) is 12.3 Å². The maximum absolute atomic E-state index is 12.2. The van der Waals surface area contributed by atoms with E-state index in [0.29, 0.717) is 31.5 Å². The lowest BCUT2D eigenvalue weighted by Gasteiger charge is -2.25. The van der Waals surface area contributed by atoms with Gasteiger partial charge in [0.15, 0.2) is 5.96 Å². The predicted octanol–water partition coefficient (Wildman–Crippen LogP) is 0.576. The van der Waals surface area contributed by atoms with Crippen LogP contribution in [0, 0.1) is 5.92 Å². The second-order valence-electron chi connectivity index (χ2n) is 5.44. The van der Waals surface area contributed by atoms with Crippen molar-refractivity contribution in [3.63, 3.8) is 0 Å². The molecule has 1 saturated heterocycles.